The SMILES string of the molecule is CC(C)(C)N(C(=O)O)[C@@H](CCO)c1ccc(F)cc1. The summed E-state index contributed by atoms with van der Waals surface area (Å²) in [5.41, 5.74) is 0.0628. The monoisotopic (exact) mass is 269 g/mol. The molecule has 1 amide bonds. The van der Waals surface area contributed by atoms with Crippen LogP contribution in [0.5, 0.6) is 0 Å². The van der Waals surface area contributed by atoms with Gasteiger partial charge in [-0.15, -0.1) is 0 Å². The number of nitrogens with zero attached hydrogens (tertiary/aromatic N) is 1. The maximum atomic E-state index is 13.0. The third-order valence-electron chi connectivity index (χ3n) is 2.90. The van der Waals surface area contributed by atoms with Crippen LogP contribution in [0.1, 0.15) is 38.8 Å². The van der Waals surface area contributed by atoms with E-state index >= 15 is 0 Å². The first-order valence-corrected chi connectivity index (χ1v) is 6.16. The standard InChI is InChI=1S/C14H20FNO3/c1-14(2,3)16(13(18)19)12(8-9-17)10-4-6-11(15)7-5-10/h4-7,12,17H,8-9H2,1-3H3,(H,18,19)/t12-/m0/s1. The zero-order valence-electron chi connectivity index (χ0n) is 11.4. The van der Waals surface area contributed by atoms with E-state index in [1.807, 2.05) is 0 Å². The van der Waals surface area contributed by atoms with Gasteiger partial charge in [0.05, 0.1) is 6.04 Å². The van der Waals surface area contributed by atoms with Crippen molar-refractivity contribution >= 4 is 6.09 Å². The summed E-state index contributed by atoms with van der Waals surface area (Å²) in [5, 5.41) is 18.5. The summed E-state index contributed by atoms with van der Waals surface area (Å²) in [7, 11) is 0. The van der Waals surface area contributed by atoms with Gasteiger partial charge in [0, 0.05) is 12.1 Å². The predicted octanol–water partition coefficient (Wildman–Crippen LogP) is 3.03. The fourth-order valence-electron chi connectivity index (χ4n) is 2.14. The Kier molecular flexibility index (Phi) is 4.89. The smallest absolute Gasteiger partial charge is 0.408 e. The van der Waals surface area contributed by atoms with E-state index in [0.29, 0.717) is 5.56 Å². The molecular weight excluding hydrogens is 249 g/mol. The van der Waals surface area contributed by atoms with Crippen LogP contribution in [0.2, 0.25) is 0 Å². The summed E-state index contributed by atoms with van der Waals surface area (Å²) in [4.78, 5) is 12.8. The fraction of sp³-hybridized carbons (Fsp3) is 0.500. The minimum Gasteiger partial charge on any atom is -0.465 e. The van der Waals surface area contributed by atoms with E-state index in [-0.39, 0.29) is 18.8 Å². The van der Waals surface area contributed by atoms with Gasteiger partial charge in [-0.25, -0.2) is 9.18 Å². The summed E-state index contributed by atoms with van der Waals surface area (Å²) in [5.74, 6) is -0.371. The Labute approximate surface area is 112 Å². The minimum absolute atomic E-state index is 0.137. The van der Waals surface area contributed by atoms with Gasteiger partial charge in [-0.1, -0.05) is 12.1 Å². The van der Waals surface area contributed by atoms with Crippen LogP contribution in [0.25, 0.3) is 0 Å². The molecule has 1 aromatic rings. The Morgan fingerprint density at radius 3 is 2.21 bits per heavy atom. The molecule has 5 heteroatoms. The van der Waals surface area contributed by atoms with E-state index in [2.05, 4.69) is 0 Å². The molecule has 19 heavy (non-hydrogen) atoms. The average Bonchev–Trinajstić information content (AvgIpc) is 2.27. The Morgan fingerprint density at radius 2 is 1.84 bits per heavy atom. The van der Waals surface area contributed by atoms with Crippen LogP contribution in [0.4, 0.5) is 9.18 Å². The second-order valence-electron chi connectivity index (χ2n) is 5.40. The molecule has 0 spiro atoms. The van der Waals surface area contributed by atoms with Gasteiger partial charge in [0.2, 0.25) is 0 Å². The van der Waals surface area contributed by atoms with Crippen molar-refractivity contribution in [3.63, 3.8) is 0 Å². The predicted molar refractivity (Wildman–Crippen MR) is 70.5 cm³/mol. The van der Waals surface area contributed by atoms with Gasteiger partial charge in [-0.05, 0) is 44.9 Å². The molecule has 4 nitrogen and oxygen atoms in total. The fourth-order valence-corrected chi connectivity index (χ4v) is 2.14. The van der Waals surface area contributed by atoms with Crippen LogP contribution in [0.15, 0.2) is 24.3 Å². The molecule has 0 saturated heterocycles. The molecule has 1 rings (SSSR count). The van der Waals surface area contributed by atoms with E-state index in [1.54, 1.807) is 32.9 Å². The topological polar surface area (TPSA) is 60.8 Å². The van der Waals surface area contributed by atoms with Crippen molar-refractivity contribution in [2.24, 2.45) is 0 Å². The summed E-state index contributed by atoms with van der Waals surface area (Å²) < 4.78 is 13.0. The molecule has 0 saturated carbocycles. The van der Waals surface area contributed by atoms with E-state index in [9.17, 15) is 14.3 Å². The van der Waals surface area contributed by atoms with Gasteiger partial charge in [-0.3, -0.25) is 4.90 Å². The summed E-state index contributed by atoms with van der Waals surface area (Å²) >= 11 is 0. The van der Waals surface area contributed by atoms with Gasteiger partial charge >= 0.3 is 6.09 Å². The van der Waals surface area contributed by atoms with Crippen molar-refractivity contribution in [3.05, 3.63) is 35.6 Å². The molecule has 0 heterocycles. The largest absolute Gasteiger partial charge is 0.465 e. The van der Waals surface area contributed by atoms with Gasteiger partial charge in [-0.2, -0.15) is 0 Å². The average molecular weight is 269 g/mol. The lowest BCUT2D eigenvalue weighted by Gasteiger charge is -2.39. The Bertz CT molecular complexity index is 425. The highest BCUT2D eigenvalue weighted by molar-refractivity contribution is 5.67. The Morgan fingerprint density at radius 1 is 1.32 bits per heavy atom. The van der Waals surface area contributed by atoms with Crippen molar-refractivity contribution in [2.45, 2.75) is 38.8 Å². The van der Waals surface area contributed by atoms with E-state index in [4.69, 9.17) is 5.11 Å². The molecule has 2 N–H and O–H groups in total. The number of aliphatic hydroxyl groups is 1. The van der Waals surface area contributed by atoms with Crippen LogP contribution >= 0.6 is 0 Å². The Hall–Kier alpha value is -1.62. The molecule has 0 bridgehead atoms. The van der Waals surface area contributed by atoms with Crippen LogP contribution in [-0.2, 0) is 0 Å². The lowest BCUT2D eigenvalue weighted by Crippen LogP contribution is -2.47. The van der Waals surface area contributed by atoms with E-state index < -0.39 is 17.7 Å². The Balaban J connectivity index is 3.17. The van der Waals surface area contributed by atoms with Gasteiger partial charge in [0.1, 0.15) is 5.82 Å². The first-order valence-electron chi connectivity index (χ1n) is 6.16. The maximum Gasteiger partial charge on any atom is 0.408 e. The number of carbonyl (C=O) groups is 1. The van der Waals surface area contributed by atoms with Crippen molar-refractivity contribution in [2.75, 3.05) is 6.61 Å². The highest BCUT2D eigenvalue weighted by atomic mass is 19.1. The molecule has 0 fully saturated rings. The van der Waals surface area contributed by atoms with Gasteiger partial charge in [0.25, 0.3) is 0 Å². The van der Waals surface area contributed by atoms with E-state index in [1.165, 1.54) is 17.0 Å². The van der Waals surface area contributed by atoms with Gasteiger partial charge in [0.15, 0.2) is 0 Å². The van der Waals surface area contributed by atoms with Crippen LogP contribution < -0.4 is 0 Å². The first kappa shape index (κ1) is 15.4. The highest BCUT2D eigenvalue weighted by Gasteiger charge is 2.33. The number of amides is 1. The minimum atomic E-state index is -1.06. The van der Waals surface area contributed by atoms with Crippen LogP contribution in [-0.4, -0.2) is 33.4 Å². The van der Waals surface area contributed by atoms with Crippen molar-refractivity contribution in [1.82, 2.24) is 4.90 Å². The zero-order chi connectivity index (χ0) is 14.6. The second kappa shape index (κ2) is 6.02. The van der Waals surface area contributed by atoms with Crippen molar-refractivity contribution in [3.8, 4) is 0 Å². The number of aliphatic hydroxyl groups excluding tert-OH is 1. The number of rotatable bonds is 4. The molecule has 1 atom stereocenters. The molecule has 0 aliphatic heterocycles. The highest BCUT2D eigenvalue weighted by Crippen LogP contribution is 2.31. The second-order valence-corrected chi connectivity index (χ2v) is 5.40. The van der Waals surface area contributed by atoms with Gasteiger partial charge < -0.3 is 10.2 Å². The third kappa shape index (κ3) is 3.92. The summed E-state index contributed by atoms with van der Waals surface area (Å²) in [6.07, 6.45) is -0.787. The lowest BCUT2D eigenvalue weighted by molar-refractivity contribution is 0.0601. The van der Waals surface area contributed by atoms with Crippen molar-refractivity contribution in [1.29, 1.82) is 0 Å². The molecule has 0 aromatic heterocycles. The zero-order valence-corrected chi connectivity index (χ0v) is 11.4. The number of hydrogen-bond donors (Lipinski definition) is 2. The first-order chi connectivity index (χ1) is 8.77. The van der Waals surface area contributed by atoms with Crippen LogP contribution in [0, 0.1) is 5.82 Å². The molecule has 1 aromatic carbocycles. The summed E-state index contributed by atoms with van der Waals surface area (Å²) in [6.45, 7) is 5.22. The lowest BCUT2D eigenvalue weighted by atomic mass is 9.96. The quantitative estimate of drug-likeness (QED) is 0.883. The molecule has 0 aliphatic rings. The molecule has 0 unspecified atom stereocenters. The third-order valence-corrected chi connectivity index (χ3v) is 2.90. The number of benzene rings is 1. The van der Waals surface area contributed by atoms with Crippen molar-refractivity contribution < 1.29 is 19.4 Å². The number of halogens is 1. The molecular formula is C14H20FNO3. The normalized spacial score (nSPS) is 13.1. The summed E-state index contributed by atoms with van der Waals surface area (Å²) in [6, 6.07) is 5.20. The maximum absolute atomic E-state index is 13.0. The van der Waals surface area contributed by atoms with Crippen LogP contribution in [0.3, 0.4) is 0 Å². The molecule has 106 valence electrons. The van der Waals surface area contributed by atoms with E-state index in [0.717, 1.165) is 0 Å². The molecule has 0 aliphatic carbocycles. The molecule has 0 radical (unpaired) electrons. The number of carboxylic acid groups (broad SMARTS) is 1. The number of hydrogen-bond acceptors (Lipinski definition) is 2.